The maximum Gasteiger partial charge on any atom is 0.290 e. The van der Waals surface area contributed by atoms with E-state index in [2.05, 4.69) is 5.32 Å². The van der Waals surface area contributed by atoms with Gasteiger partial charge >= 0.3 is 0 Å². The van der Waals surface area contributed by atoms with Gasteiger partial charge in [0.25, 0.3) is 11.6 Å². The van der Waals surface area contributed by atoms with E-state index in [-0.39, 0.29) is 15.6 Å². The second-order valence-corrected chi connectivity index (χ2v) is 6.27. The molecule has 0 radical (unpaired) electrons. The van der Waals surface area contributed by atoms with Crippen LogP contribution in [-0.2, 0) is 10.8 Å². The standard InChI is InChI=1S/C11H12Cl2N2O4S/c1-20(19)4-2-3-14-11(16)7-5-8(12)10(13)9(6-7)15(17)18/h5-6H,2-4H2,1H3,(H,14,16). The molecular weight excluding hydrogens is 327 g/mol. The Morgan fingerprint density at radius 3 is 2.65 bits per heavy atom. The third-order valence-electron chi connectivity index (χ3n) is 2.36. The van der Waals surface area contributed by atoms with Crippen molar-refractivity contribution in [2.45, 2.75) is 6.42 Å². The lowest BCUT2D eigenvalue weighted by Gasteiger charge is -2.06. The fourth-order valence-corrected chi connectivity index (χ4v) is 2.36. The van der Waals surface area contributed by atoms with Crippen LogP contribution in [0.4, 0.5) is 5.69 Å². The second kappa shape index (κ2) is 7.56. The van der Waals surface area contributed by atoms with Gasteiger partial charge in [-0.05, 0) is 12.5 Å². The topological polar surface area (TPSA) is 89.3 Å². The van der Waals surface area contributed by atoms with Gasteiger partial charge in [0.05, 0.1) is 9.95 Å². The van der Waals surface area contributed by atoms with Crippen molar-refractivity contribution in [2.75, 3.05) is 18.6 Å². The molecule has 0 heterocycles. The molecule has 0 aliphatic rings. The van der Waals surface area contributed by atoms with Crippen molar-refractivity contribution in [1.29, 1.82) is 0 Å². The number of rotatable bonds is 6. The number of hydrogen-bond donors (Lipinski definition) is 1. The minimum Gasteiger partial charge on any atom is -0.352 e. The van der Waals surface area contributed by atoms with E-state index in [4.69, 9.17) is 23.2 Å². The molecule has 0 aromatic heterocycles. The quantitative estimate of drug-likeness (QED) is 0.490. The predicted octanol–water partition coefficient (Wildman–Crippen LogP) is 2.40. The Bertz CT molecular complexity index is 566. The first-order chi connectivity index (χ1) is 9.32. The van der Waals surface area contributed by atoms with E-state index in [9.17, 15) is 19.1 Å². The van der Waals surface area contributed by atoms with Gasteiger partial charge in [0.2, 0.25) is 0 Å². The Morgan fingerprint density at radius 2 is 2.10 bits per heavy atom. The van der Waals surface area contributed by atoms with Gasteiger partial charge < -0.3 is 5.32 Å². The molecule has 0 bridgehead atoms. The summed E-state index contributed by atoms with van der Waals surface area (Å²) >= 11 is 11.4. The molecule has 1 unspecified atom stereocenters. The van der Waals surface area contributed by atoms with E-state index in [1.807, 2.05) is 0 Å². The van der Waals surface area contributed by atoms with Crippen LogP contribution in [0.25, 0.3) is 0 Å². The first-order valence-corrected chi connectivity index (χ1v) is 8.03. The van der Waals surface area contributed by atoms with E-state index in [0.717, 1.165) is 6.07 Å². The van der Waals surface area contributed by atoms with E-state index >= 15 is 0 Å². The van der Waals surface area contributed by atoms with E-state index in [1.165, 1.54) is 6.07 Å². The van der Waals surface area contributed by atoms with Crippen LogP contribution >= 0.6 is 23.2 Å². The molecule has 0 aliphatic carbocycles. The molecule has 1 atom stereocenters. The number of carbonyl (C=O) groups is 1. The number of nitrogens with zero attached hydrogens (tertiary/aromatic N) is 1. The van der Waals surface area contributed by atoms with E-state index in [1.54, 1.807) is 6.26 Å². The lowest BCUT2D eigenvalue weighted by atomic mass is 10.2. The highest BCUT2D eigenvalue weighted by Crippen LogP contribution is 2.32. The molecule has 0 spiro atoms. The highest BCUT2D eigenvalue weighted by atomic mass is 35.5. The lowest BCUT2D eigenvalue weighted by Crippen LogP contribution is -2.25. The molecule has 0 fully saturated rings. The Labute approximate surface area is 128 Å². The summed E-state index contributed by atoms with van der Waals surface area (Å²) in [6.07, 6.45) is 2.13. The molecule has 1 rings (SSSR count). The fourth-order valence-electron chi connectivity index (χ4n) is 1.42. The van der Waals surface area contributed by atoms with Crippen LogP contribution in [0.3, 0.4) is 0 Å². The second-order valence-electron chi connectivity index (χ2n) is 3.94. The molecule has 0 saturated carbocycles. The van der Waals surface area contributed by atoms with Gasteiger partial charge in [0.15, 0.2) is 0 Å². The lowest BCUT2D eigenvalue weighted by molar-refractivity contribution is -0.384. The molecular formula is C11H12Cl2N2O4S. The van der Waals surface area contributed by atoms with Crippen LogP contribution < -0.4 is 5.32 Å². The molecule has 1 N–H and O–H groups in total. The van der Waals surface area contributed by atoms with Crippen LogP contribution in [0.15, 0.2) is 12.1 Å². The molecule has 1 aromatic rings. The smallest absolute Gasteiger partial charge is 0.290 e. The third-order valence-corrected chi connectivity index (χ3v) is 4.02. The summed E-state index contributed by atoms with van der Waals surface area (Å²) in [5.74, 6) is -0.0181. The molecule has 6 nitrogen and oxygen atoms in total. The van der Waals surface area contributed by atoms with Gasteiger partial charge in [0, 0.05) is 41.0 Å². The van der Waals surface area contributed by atoms with Crippen molar-refractivity contribution in [1.82, 2.24) is 5.32 Å². The number of benzene rings is 1. The van der Waals surface area contributed by atoms with Crippen molar-refractivity contribution in [2.24, 2.45) is 0 Å². The largest absolute Gasteiger partial charge is 0.352 e. The summed E-state index contributed by atoms with van der Waals surface area (Å²) in [6.45, 7) is 0.326. The third kappa shape index (κ3) is 4.73. The summed E-state index contributed by atoms with van der Waals surface area (Å²) in [5, 5.41) is 13.1. The number of nitro groups is 1. The zero-order valence-electron chi connectivity index (χ0n) is 10.5. The minimum atomic E-state index is -0.921. The monoisotopic (exact) mass is 338 g/mol. The number of carbonyl (C=O) groups excluding carboxylic acids is 1. The van der Waals surface area contributed by atoms with Crippen LogP contribution in [0.1, 0.15) is 16.8 Å². The summed E-state index contributed by atoms with van der Waals surface area (Å²) < 4.78 is 10.9. The molecule has 0 saturated heterocycles. The van der Waals surface area contributed by atoms with Gasteiger partial charge in [-0.3, -0.25) is 19.1 Å². The van der Waals surface area contributed by atoms with Crippen molar-refractivity contribution in [3.63, 3.8) is 0 Å². The highest BCUT2D eigenvalue weighted by Gasteiger charge is 2.19. The minimum absolute atomic E-state index is 0.0549. The van der Waals surface area contributed by atoms with Crippen LogP contribution in [-0.4, -0.2) is 33.6 Å². The number of hydrogen-bond acceptors (Lipinski definition) is 4. The molecule has 110 valence electrons. The molecule has 1 amide bonds. The maximum atomic E-state index is 11.8. The van der Waals surface area contributed by atoms with Crippen LogP contribution in [0.5, 0.6) is 0 Å². The van der Waals surface area contributed by atoms with Crippen LogP contribution in [0.2, 0.25) is 10.0 Å². The molecule has 0 aliphatic heterocycles. The fraction of sp³-hybridized carbons (Fsp3) is 0.364. The van der Waals surface area contributed by atoms with Crippen LogP contribution in [0, 0.1) is 10.1 Å². The summed E-state index contributed by atoms with van der Waals surface area (Å²) in [4.78, 5) is 21.9. The zero-order valence-corrected chi connectivity index (χ0v) is 12.8. The predicted molar refractivity (Wildman–Crippen MR) is 79.0 cm³/mol. The Balaban J connectivity index is 2.78. The number of amides is 1. The first-order valence-electron chi connectivity index (χ1n) is 5.54. The van der Waals surface area contributed by atoms with Gasteiger partial charge in [-0.1, -0.05) is 23.2 Å². The summed E-state index contributed by atoms with van der Waals surface area (Å²) in [5.41, 5.74) is -0.359. The molecule has 20 heavy (non-hydrogen) atoms. The van der Waals surface area contributed by atoms with Crippen molar-refractivity contribution in [3.05, 3.63) is 37.9 Å². The average molecular weight is 339 g/mol. The number of nitro benzene ring substituents is 1. The normalized spacial score (nSPS) is 11.9. The number of halogens is 2. The Hall–Kier alpha value is -1.18. The van der Waals surface area contributed by atoms with E-state index in [0.29, 0.717) is 18.7 Å². The Kier molecular flexibility index (Phi) is 6.38. The van der Waals surface area contributed by atoms with E-state index < -0.39 is 27.3 Å². The van der Waals surface area contributed by atoms with Crippen molar-refractivity contribution >= 4 is 45.6 Å². The maximum absolute atomic E-state index is 11.8. The average Bonchev–Trinajstić information content (AvgIpc) is 2.36. The van der Waals surface area contributed by atoms with Gasteiger partial charge in [-0.2, -0.15) is 0 Å². The van der Waals surface area contributed by atoms with Crippen molar-refractivity contribution < 1.29 is 13.9 Å². The zero-order chi connectivity index (χ0) is 15.3. The first kappa shape index (κ1) is 16.9. The highest BCUT2D eigenvalue weighted by molar-refractivity contribution is 7.84. The van der Waals surface area contributed by atoms with Gasteiger partial charge in [-0.15, -0.1) is 0 Å². The SMILES string of the molecule is CS(=O)CCCNC(=O)c1cc(Cl)c(Cl)c([N+](=O)[O-])c1. The van der Waals surface area contributed by atoms with Gasteiger partial charge in [0.1, 0.15) is 5.02 Å². The number of nitrogens with one attached hydrogen (secondary N) is 1. The summed E-state index contributed by atoms with van der Waals surface area (Å²) in [7, 11) is -0.921. The molecule has 1 aromatic carbocycles. The van der Waals surface area contributed by atoms with Gasteiger partial charge in [-0.25, -0.2) is 0 Å². The molecule has 9 heteroatoms. The Morgan fingerprint density at radius 1 is 1.45 bits per heavy atom. The summed E-state index contributed by atoms with van der Waals surface area (Å²) in [6, 6.07) is 2.34. The van der Waals surface area contributed by atoms with Crippen molar-refractivity contribution in [3.8, 4) is 0 Å².